The maximum atomic E-state index is 13.4. The van der Waals surface area contributed by atoms with Crippen LogP contribution in [0.15, 0.2) is 78.6 Å². The number of aliphatic hydroxyl groups excluding tert-OH is 1. The molecule has 8 heteroatoms. The SMILES string of the molecule is CC(C)COC(=O)c1ccc(N2C(=O)C(=O)/C(=C(/O)c3cccc(OCC(C)C)c3)C2c2cccnc2)cc1. The van der Waals surface area contributed by atoms with Crippen molar-refractivity contribution >= 4 is 29.1 Å². The lowest BCUT2D eigenvalue weighted by molar-refractivity contribution is -0.132. The smallest absolute Gasteiger partial charge is 0.338 e. The van der Waals surface area contributed by atoms with E-state index in [9.17, 15) is 19.5 Å². The second kappa shape index (κ2) is 11.9. The highest BCUT2D eigenvalue weighted by atomic mass is 16.5. The largest absolute Gasteiger partial charge is 0.507 e. The lowest BCUT2D eigenvalue weighted by atomic mass is 9.96. The minimum Gasteiger partial charge on any atom is -0.507 e. The summed E-state index contributed by atoms with van der Waals surface area (Å²) in [5, 5.41) is 11.4. The quantitative estimate of drug-likeness (QED) is 0.168. The Kier molecular flexibility index (Phi) is 8.44. The molecular formula is C31H32N2O6. The zero-order chi connectivity index (χ0) is 28.1. The first-order valence-electron chi connectivity index (χ1n) is 12.9. The third-order valence-corrected chi connectivity index (χ3v) is 6.06. The maximum absolute atomic E-state index is 13.4. The van der Waals surface area contributed by atoms with Gasteiger partial charge in [-0.1, -0.05) is 45.9 Å². The third-order valence-electron chi connectivity index (χ3n) is 6.06. The average Bonchev–Trinajstić information content (AvgIpc) is 3.20. The summed E-state index contributed by atoms with van der Waals surface area (Å²) in [5.41, 5.74) is 1.55. The van der Waals surface area contributed by atoms with Gasteiger partial charge in [-0.15, -0.1) is 0 Å². The molecule has 1 amide bonds. The van der Waals surface area contributed by atoms with Crippen molar-refractivity contribution in [3.8, 4) is 5.75 Å². The van der Waals surface area contributed by atoms with Gasteiger partial charge in [0, 0.05) is 23.6 Å². The van der Waals surface area contributed by atoms with Crippen molar-refractivity contribution in [3.63, 3.8) is 0 Å². The molecule has 202 valence electrons. The molecule has 0 bridgehead atoms. The van der Waals surface area contributed by atoms with Crippen LogP contribution in [0.25, 0.3) is 5.76 Å². The molecule has 1 aliphatic rings. The van der Waals surface area contributed by atoms with Crippen LogP contribution in [0.1, 0.15) is 55.2 Å². The van der Waals surface area contributed by atoms with Crippen molar-refractivity contribution in [1.82, 2.24) is 4.98 Å². The zero-order valence-electron chi connectivity index (χ0n) is 22.5. The van der Waals surface area contributed by atoms with Gasteiger partial charge in [0.25, 0.3) is 11.7 Å². The second-order valence-corrected chi connectivity index (χ2v) is 10.2. The minimum atomic E-state index is -0.933. The molecule has 1 N–H and O–H groups in total. The number of amides is 1. The number of Topliss-reactive ketones (excluding diaryl/α,β-unsaturated/α-hetero) is 1. The predicted molar refractivity (Wildman–Crippen MR) is 147 cm³/mol. The van der Waals surface area contributed by atoms with Gasteiger partial charge in [0.05, 0.1) is 30.4 Å². The van der Waals surface area contributed by atoms with Crippen molar-refractivity contribution < 1.29 is 29.0 Å². The van der Waals surface area contributed by atoms with E-state index < -0.39 is 23.7 Å². The first-order chi connectivity index (χ1) is 18.7. The number of anilines is 1. The van der Waals surface area contributed by atoms with E-state index >= 15 is 0 Å². The van der Waals surface area contributed by atoms with E-state index in [1.165, 1.54) is 4.90 Å². The maximum Gasteiger partial charge on any atom is 0.338 e. The summed E-state index contributed by atoms with van der Waals surface area (Å²) in [4.78, 5) is 44.6. The zero-order valence-corrected chi connectivity index (χ0v) is 22.5. The van der Waals surface area contributed by atoms with Gasteiger partial charge < -0.3 is 14.6 Å². The first kappa shape index (κ1) is 27.6. The Hall–Kier alpha value is -4.46. The van der Waals surface area contributed by atoms with Crippen LogP contribution in [0.4, 0.5) is 5.69 Å². The van der Waals surface area contributed by atoms with Crippen molar-refractivity contribution in [2.24, 2.45) is 11.8 Å². The topological polar surface area (TPSA) is 106 Å². The normalized spacial score (nSPS) is 16.7. The fraction of sp³-hybridized carbons (Fsp3) is 0.290. The molecule has 1 aromatic heterocycles. The third kappa shape index (κ3) is 6.17. The van der Waals surface area contributed by atoms with E-state index in [-0.39, 0.29) is 17.3 Å². The van der Waals surface area contributed by atoms with Crippen LogP contribution in [0.5, 0.6) is 5.75 Å². The summed E-state index contributed by atoms with van der Waals surface area (Å²) in [6.07, 6.45) is 3.14. The lowest BCUT2D eigenvalue weighted by Gasteiger charge is -2.25. The fourth-order valence-corrected chi connectivity index (χ4v) is 4.19. The molecule has 1 atom stereocenters. The Bertz CT molecular complexity index is 1380. The number of hydrogen-bond donors (Lipinski definition) is 1. The van der Waals surface area contributed by atoms with Gasteiger partial charge in [-0.2, -0.15) is 0 Å². The number of rotatable bonds is 9. The van der Waals surface area contributed by atoms with E-state index in [4.69, 9.17) is 9.47 Å². The molecule has 0 saturated carbocycles. The summed E-state index contributed by atoms with van der Waals surface area (Å²) < 4.78 is 11.1. The standard InChI is InChI=1S/C31H32N2O6/c1-19(2)17-38-25-9-5-7-22(15-25)28(34)26-27(23-8-6-14-32-16-23)33(30(36)29(26)35)24-12-10-21(11-13-24)31(37)39-18-20(3)4/h5-16,19-20,27,34H,17-18H2,1-4H3/b28-26+. The molecule has 0 aliphatic carbocycles. The van der Waals surface area contributed by atoms with Crippen LogP contribution >= 0.6 is 0 Å². The van der Waals surface area contributed by atoms with Gasteiger partial charge >= 0.3 is 5.97 Å². The van der Waals surface area contributed by atoms with Crippen molar-refractivity contribution in [1.29, 1.82) is 0 Å². The van der Waals surface area contributed by atoms with Gasteiger partial charge in [-0.25, -0.2) is 4.79 Å². The van der Waals surface area contributed by atoms with Crippen LogP contribution in [0.3, 0.4) is 0 Å². The number of hydrogen-bond acceptors (Lipinski definition) is 7. The van der Waals surface area contributed by atoms with Gasteiger partial charge in [0.1, 0.15) is 11.5 Å². The number of aliphatic hydroxyl groups is 1. The number of carbonyl (C=O) groups is 3. The van der Waals surface area contributed by atoms with Gasteiger partial charge in [0.2, 0.25) is 0 Å². The van der Waals surface area contributed by atoms with Gasteiger partial charge in [-0.3, -0.25) is 19.5 Å². The highest BCUT2D eigenvalue weighted by molar-refractivity contribution is 6.51. The fourth-order valence-electron chi connectivity index (χ4n) is 4.19. The van der Waals surface area contributed by atoms with Crippen molar-refractivity contribution in [2.45, 2.75) is 33.7 Å². The number of aromatic nitrogens is 1. The highest BCUT2D eigenvalue weighted by Crippen LogP contribution is 2.42. The Morgan fingerprint density at radius 2 is 1.67 bits per heavy atom. The number of carbonyl (C=O) groups excluding carboxylic acids is 3. The van der Waals surface area contributed by atoms with Crippen LogP contribution in [0.2, 0.25) is 0 Å². The molecule has 0 spiro atoms. The molecule has 1 aliphatic heterocycles. The molecule has 1 saturated heterocycles. The number of ketones is 1. The van der Waals surface area contributed by atoms with E-state index in [1.54, 1.807) is 73.1 Å². The second-order valence-electron chi connectivity index (χ2n) is 10.2. The van der Waals surface area contributed by atoms with E-state index in [0.717, 1.165) is 0 Å². The Morgan fingerprint density at radius 3 is 2.31 bits per heavy atom. The van der Waals surface area contributed by atoms with Gasteiger partial charge in [0.15, 0.2) is 0 Å². The summed E-state index contributed by atoms with van der Waals surface area (Å²) in [5.74, 6) is -1.36. The Balaban J connectivity index is 1.75. The van der Waals surface area contributed by atoms with E-state index in [0.29, 0.717) is 47.3 Å². The number of pyridine rings is 1. The first-order valence-corrected chi connectivity index (χ1v) is 12.9. The highest BCUT2D eigenvalue weighted by Gasteiger charge is 2.47. The molecule has 4 rings (SSSR count). The summed E-state index contributed by atoms with van der Waals surface area (Å²) in [6.45, 7) is 8.73. The number of esters is 1. The molecule has 8 nitrogen and oxygen atoms in total. The molecule has 3 aromatic rings. The monoisotopic (exact) mass is 528 g/mol. The van der Waals surface area contributed by atoms with Crippen LogP contribution in [-0.2, 0) is 14.3 Å². The predicted octanol–water partition coefficient (Wildman–Crippen LogP) is 5.56. The van der Waals surface area contributed by atoms with Crippen molar-refractivity contribution in [3.05, 3.63) is 95.3 Å². The summed E-state index contributed by atoms with van der Waals surface area (Å²) in [7, 11) is 0. The molecular weight excluding hydrogens is 496 g/mol. The molecule has 39 heavy (non-hydrogen) atoms. The van der Waals surface area contributed by atoms with Crippen LogP contribution < -0.4 is 9.64 Å². The van der Waals surface area contributed by atoms with Gasteiger partial charge in [-0.05, 0) is 59.9 Å². The average molecular weight is 529 g/mol. The lowest BCUT2D eigenvalue weighted by Crippen LogP contribution is -2.29. The molecule has 2 aromatic carbocycles. The van der Waals surface area contributed by atoms with E-state index in [1.807, 2.05) is 27.7 Å². The number of ether oxygens (including phenoxy) is 2. The molecule has 0 radical (unpaired) electrons. The molecule has 2 heterocycles. The Morgan fingerprint density at radius 1 is 0.949 bits per heavy atom. The van der Waals surface area contributed by atoms with E-state index in [2.05, 4.69) is 4.98 Å². The summed E-state index contributed by atoms with van der Waals surface area (Å²) >= 11 is 0. The number of benzene rings is 2. The Labute approximate surface area is 227 Å². The minimum absolute atomic E-state index is 0.0607. The summed E-state index contributed by atoms with van der Waals surface area (Å²) in [6, 6.07) is 15.6. The van der Waals surface area contributed by atoms with Crippen molar-refractivity contribution in [2.75, 3.05) is 18.1 Å². The van der Waals surface area contributed by atoms with Crippen LogP contribution in [0, 0.1) is 11.8 Å². The number of nitrogens with zero attached hydrogens (tertiary/aromatic N) is 2. The van der Waals surface area contributed by atoms with Crippen LogP contribution in [-0.4, -0.2) is 41.0 Å². The molecule has 1 fully saturated rings. The molecule has 1 unspecified atom stereocenters.